The highest BCUT2D eigenvalue weighted by atomic mass is 14.3. The number of hydrogen-bond acceptors (Lipinski definition) is 0. The summed E-state index contributed by atoms with van der Waals surface area (Å²) in [4.78, 5) is 0. The van der Waals surface area contributed by atoms with Crippen LogP contribution in [0.15, 0.2) is 59.2 Å². The normalized spacial score (nSPS) is 25.3. The van der Waals surface area contributed by atoms with Gasteiger partial charge in [0.05, 0.1) is 0 Å². The Morgan fingerprint density at radius 2 is 1.89 bits per heavy atom. The van der Waals surface area contributed by atoms with E-state index in [1.54, 1.807) is 11.1 Å². The van der Waals surface area contributed by atoms with Gasteiger partial charge in [0.1, 0.15) is 0 Å². The van der Waals surface area contributed by atoms with E-state index in [1.165, 1.54) is 36.0 Å². The molecule has 0 bridgehead atoms. The molecule has 18 heavy (non-hydrogen) atoms. The van der Waals surface area contributed by atoms with Crippen LogP contribution in [0.25, 0.3) is 5.57 Å². The van der Waals surface area contributed by atoms with Gasteiger partial charge in [0.25, 0.3) is 0 Å². The number of allylic oxidation sites excluding steroid dienone is 6. The molecule has 1 aromatic carbocycles. The largest absolute Gasteiger partial charge is 0.0838 e. The third-order valence-corrected chi connectivity index (χ3v) is 4.33. The third kappa shape index (κ3) is 1.77. The summed E-state index contributed by atoms with van der Waals surface area (Å²) in [6.45, 7) is 4.53. The molecule has 92 valence electrons. The van der Waals surface area contributed by atoms with Crippen LogP contribution >= 0.6 is 0 Å². The Balaban J connectivity index is 2.03. The van der Waals surface area contributed by atoms with Gasteiger partial charge >= 0.3 is 0 Å². The fourth-order valence-electron chi connectivity index (χ4n) is 3.31. The van der Waals surface area contributed by atoms with Crippen molar-refractivity contribution >= 4 is 5.57 Å². The second-order valence-corrected chi connectivity index (χ2v) is 5.29. The molecule has 0 heteroatoms. The van der Waals surface area contributed by atoms with Crippen LogP contribution in [-0.4, -0.2) is 0 Å². The molecule has 0 fully saturated rings. The van der Waals surface area contributed by atoms with E-state index < -0.39 is 0 Å². The lowest BCUT2D eigenvalue weighted by Crippen LogP contribution is -2.04. The highest BCUT2D eigenvalue weighted by molar-refractivity contribution is 5.79. The number of hydrogen-bond donors (Lipinski definition) is 0. The van der Waals surface area contributed by atoms with E-state index in [0.717, 1.165) is 0 Å². The molecule has 0 saturated heterocycles. The van der Waals surface area contributed by atoms with E-state index >= 15 is 0 Å². The number of benzene rings is 1. The van der Waals surface area contributed by atoms with Gasteiger partial charge in [-0.1, -0.05) is 55.0 Å². The van der Waals surface area contributed by atoms with E-state index in [0.29, 0.717) is 5.92 Å². The Morgan fingerprint density at radius 3 is 2.61 bits per heavy atom. The lowest BCUT2D eigenvalue weighted by molar-refractivity contribution is 0.710. The highest BCUT2D eigenvalue weighted by Crippen LogP contribution is 2.45. The fraction of sp³-hybridized carbons (Fsp3) is 0.333. The first-order chi connectivity index (χ1) is 8.81. The van der Waals surface area contributed by atoms with E-state index in [4.69, 9.17) is 0 Å². The van der Waals surface area contributed by atoms with Gasteiger partial charge in [-0.05, 0) is 48.5 Å². The first-order valence-corrected chi connectivity index (χ1v) is 6.97. The summed E-state index contributed by atoms with van der Waals surface area (Å²) in [6, 6.07) is 10.8. The number of rotatable bonds is 1. The van der Waals surface area contributed by atoms with Crippen molar-refractivity contribution in [1.29, 1.82) is 0 Å². The van der Waals surface area contributed by atoms with E-state index in [1.807, 2.05) is 0 Å². The Bertz CT molecular complexity index is 541. The van der Waals surface area contributed by atoms with Crippen molar-refractivity contribution in [3.8, 4) is 0 Å². The van der Waals surface area contributed by atoms with Gasteiger partial charge in [-0.15, -0.1) is 0 Å². The zero-order valence-electron chi connectivity index (χ0n) is 11.2. The fourth-order valence-corrected chi connectivity index (χ4v) is 3.31. The molecule has 1 atom stereocenters. The van der Waals surface area contributed by atoms with Crippen LogP contribution in [0.2, 0.25) is 0 Å². The smallest absolute Gasteiger partial charge is 0.00350 e. The molecule has 2 aliphatic carbocycles. The van der Waals surface area contributed by atoms with Gasteiger partial charge in [-0.3, -0.25) is 0 Å². The predicted molar refractivity (Wildman–Crippen MR) is 78.2 cm³/mol. The van der Waals surface area contributed by atoms with Crippen molar-refractivity contribution in [1.82, 2.24) is 0 Å². The summed E-state index contributed by atoms with van der Waals surface area (Å²) in [6.07, 6.45) is 8.58. The second kappa shape index (κ2) is 4.61. The lowest BCUT2D eigenvalue weighted by Gasteiger charge is -2.20. The summed E-state index contributed by atoms with van der Waals surface area (Å²) >= 11 is 0. The average Bonchev–Trinajstić information content (AvgIpc) is 2.77. The van der Waals surface area contributed by atoms with Crippen LogP contribution in [0.4, 0.5) is 0 Å². The zero-order valence-corrected chi connectivity index (χ0v) is 11.2. The molecule has 0 spiro atoms. The van der Waals surface area contributed by atoms with Crippen LogP contribution in [0.5, 0.6) is 0 Å². The van der Waals surface area contributed by atoms with Crippen molar-refractivity contribution < 1.29 is 0 Å². The standard InChI is InChI=1S/C18H20/c1-3-14-10-7-11-16-13(2)17(12-18(14)16)15-8-5-4-6-9-15/h3-6,8-9,12-13H,7,10-11H2,1-2H3. The van der Waals surface area contributed by atoms with E-state index in [-0.39, 0.29) is 0 Å². The van der Waals surface area contributed by atoms with Crippen LogP contribution in [0, 0.1) is 5.92 Å². The van der Waals surface area contributed by atoms with Gasteiger partial charge in [-0.2, -0.15) is 0 Å². The van der Waals surface area contributed by atoms with Gasteiger partial charge in [0, 0.05) is 5.92 Å². The van der Waals surface area contributed by atoms with Crippen molar-refractivity contribution in [2.45, 2.75) is 33.1 Å². The Labute approximate surface area is 110 Å². The summed E-state index contributed by atoms with van der Waals surface area (Å²) < 4.78 is 0. The maximum Gasteiger partial charge on any atom is 0.00350 e. The Hall–Kier alpha value is -1.56. The van der Waals surface area contributed by atoms with Crippen molar-refractivity contribution in [3.05, 3.63) is 64.8 Å². The van der Waals surface area contributed by atoms with Crippen LogP contribution in [0.1, 0.15) is 38.7 Å². The summed E-state index contributed by atoms with van der Waals surface area (Å²) in [5.74, 6) is 0.595. The minimum Gasteiger partial charge on any atom is -0.0838 e. The first kappa shape index (κ1) is 11.5. The molecule has 1 unspecified atom stereocenters. The molecule has 0 radical (unpaired) electrons. The summed E-state index contributed by atoms with van der Waals surface area (Å²) in [7, 11) is 0. The van der Waals surface area contributed by atoms with Crippen molar-refractivity contribution in [2.24, 2.45) is 5.92 Å². The molecule has 3 rings (SSSR count). The molecule has 0 nitrogen and oxygen atoms in total. The highest BCUT2D eigenvalue weighted by Gasteiger charge is 2.28. The van der Waals surface area contributed by atoms with Crippen LogP contribution < -0.4 is 0 Å². The first-order valence-electron chi connectivity index (χ1n) is 6.97. The zero-order chi connectivity index (χ0) is 12.5. The van der Waals surface area contributed by atoms with Gasteiger partial charge in [-0.25, -0.2) is 0 Å². The van der Waals surface area contributed by atoms with Crippen LogP contribution in [0.3, 0.4) is 0 Å². The quantitative estimate of drug-likeness (QED) is 0.633. The van der Waals surface area contributed by atoms with Crippen molar-refractivity contribution in [3.63, 3.8) is 0 Å². The summed E-state index contributed by atoms with van der Waals surface area (Å²) in [5.41, 5.74) is 7.63. The Kier molecular flexibility index (Phi) is 2.95. The minimum absolute atomic E-state index is 0.595. The average molecular weight is 236 g/mol. The molecular formula is C18H20. The molecule has 0 heterocycles. The van der Waals surface area contributed by atoms with Gasteiger partial charge < -0.3 is 0 Å². The molecule has 0 aromatic heterocycles. The third-order valence-electron chi connectivity index (χ3n) is 4.33. The second-order valence-electron chi connectivity index (χ2n) is 5.29. The maximum absolute atomic E-state index is 2.43. The minimum atomic E-state index is 0.595. The SMILES string of the molecule is CC=C1CCCC2=C1C=C(c1ccccc1)C2C. The molecule has 2 aliphatic rings. The van der Waals surface area contributed by atoms with Crippen molar-refractivity contribution in [2.75, 3.05) is 0 Å². The maximum atomic E-state index is 2.43. The molecule has 0 amide bonds. The molecular weight excluding hydrogens is 216 g/mol. The lowest BCUT2D eigenvalue weighted by atomic mass is 9.84. The van der Waals surface area contributed by atoms with E-state index in [2.05, 4.69) is 56.3 Å². The molecule has 0 aliphatic heterocycles. The van der Waals surface area contributed by atoms with Gasteiger partial charge in [0.15, 0.2) is 0 Å². The van der Waals surface area contributed by atoms with Crippen LogP contribution in [-0.2, 0) is 0 Å². The topological polar surface area (TPSA) is 0 Å². The summed E-state index contributed by atoms with van der Waals surface area (Å²) in [5, 5.41) is 0. The monoisotopic (exact) mass is 236 g/mol. The molecule has 1 aromatic rings. The molecule has 0 N–H and O–H groups in total. The van der Waals surface area contributed by atoms with Gasteiger partial charge in [0.2, 0.25) is 0 Å². The molecule has 0 saturated carbocycles. The predicted octanol–water partition coefficient (Wildman–Crippen LogP) is 5.15. The van der Waals surface area contributed by atoms with E-state index in [9.17, 15) is 0 Å². The Morgan fingerprint density at radius 1 is 1.11 bits per heavy atom.